The van der Waals surface area contributed by atoms with Gasteiger partial charge in [-0.3, -0.25) is 0 Å². The van der Waals surface area contributed by atoms with E-state index >= 15 is 0 Å². The van der Waals surface area contributed by atoms with Crippen LogP contribution < -0.4 is 10.6 Å². The van der Waals surface area contributed by atoms with Gasteiger partial charge in [0.1, 0.15) is 0 Å². The zero-order valence-electron chi connectivity index (χ0n) is 19.5. The van der Waals surface area contributed by atoms with Crippen LogP contribution in [0, 0.1) is 0 Å². The van der Waals surface area contributed by atoms with Crippen LogP contribution in [0.25, 0.3) is 11.1 Å². The van der Waals surface area contributed by atoms with Crippen molar-refractivity contribution in [2.75, 3.05) is 32.1 Å². The van der Waals surface area contributed by atoms with Crippen molar-refractivity contribution < 1.29 is 18.8 Å². The van der Waals surface area contributed by atoms with E-state index in [-0.39, 0.29) is 41.2 Å². The Balaban J connectivity index is 1.54. The molecule has 0 unspecified atom stereocenters. The maximum absolute atomic E-state index is 11.8. The summed E-state index contributed by atoms with van der Waals surface area (Å²) in [5, 5.41) is 16.6. The largest absolute Gasteiger partial charge is 0.465 e. The summed E-state index contributed by atoms with van der Waals surface area (Å²) in [5.74, 6) is -0.381. The third kappa shape index (κ3) is 6.07. The van der Waals surface area contributed by atoms with Crippen LogP contribution in [0.2, 0.25) is 5.02 Å². The minimum Gasteiger partial charge on any atom is -0.465 e. The fraction of sp³-hybridized carbons (Fsp3) is 0.208. The monoisotopic (exact) mass is 427 g/mol. The van der Waals surface area contributed by atoms with Gasteiger partial charge >= 0.3 is 5.97 Å². The molecule has 5 nitrogen and oxygen atoms in total. The number of rotatable bonds is 9. The van der Waals surface area contributed by atoms with Crippen LogP contribution >= 0.6 is 11.6 Å². The van der Waals surface area contributed by atoms with E-state index in [0.717, 1.165) is 16.8 Å². The van der Waals surface area contributed by atoms with Crippen molar-refractivity contribution in [1.82, 2.24) is 5.32 Å². The molecule has 0 aliphatic carbocycles. The first kappa shape index (κ1) is 18.0. The summed E-state index contributed by atoms with van der Waals surface area (Å²) in [7, 11) is 1.35. The summed E-state index contributed by atoms with van der Waals surface area (Å²) < 4.78 is 28.1. The van der Waals surface area contributed by atoms with Gasteiger partial charge in [-0.1, -0.05) is 48.0 Å². The molecule has 30 heavy (non-hydrogen) atoms. The second-order valence-corrected chi connectivity index (χ2v) is 6.99. The SMILES string of the molecule is [2H]c1cc([C@@H](O)CNCCNc2cccc(-c3cccc(C(=O)OC)c3)c2)c([2H])c(Cl)c1[2H]. The Kier molecular flexibility index (Phi) is 6.45. The maximum atomic E-state index is 11.8. The molecule has 0 bridgehead atoms. The molecule has 6 heteroatoms. The van der Waals surface area contributed by atoms with Crippen molar-refractivity contribution in [2.24, 2.45) is 0 Å². The van der Waals surface area contributed by atoms with Gasteiger partial charge in [-0.2, -0.15) is 0 Å². The summed E-state index contributed by atoms with van der Waals surface area (Å²) in [6.07, 6.45) is -1.01. The summed E-state index contributed by atoms with van der Waals surface area (Å²) in [4.78, 5) is 11.8. The summed E-state index contributed by atoms with van der Waals surface area (Å²) >= 11 is 5.91. The number of nitrogens with one attached hydrogen (secondary N) is 2. The molecule has 0 amide bonds. The molecular weight excluding hydrogens is 400 g/mol. The van der Waals surface area contributed by atoms with Crippen molar-refractivity contribution in [3.63, 3.8) is 0 Å². The lowest BCUT2D eigenvalue weighted by molar-refractivity contribution is 0.0601. The minimum atomic E-state index is -1.01. The highest BCUT2D eigenvalue weighted by molar-refractivity contribution is 6.30. The maximum Gasteiger partial charge on any atom is 0.337 e. The van der Waals surface area contributed by atoms with E-state index in [1.807, 2.05) is 36.4 Å². The Morgan fingerprint density at radius 1 is 1.17 bits per heavy atom. The van der Waals surface area contributed by atoms with E-state index in [1.165, 1.54) is 13.2 Å². The number of benzene rings is 3. The number of aliphatic hydroxyl groups excluding tert-OH is 1. The first-order valence-electron chi connectivity index (χ1n) is 11.0. The molecule has 3 rings (SSSR count). The molecule has 0 heterocycles. The molecule has 0 aliphatic rings. The van der Waals surface area contributed by atoms with Crippen molar-refractivity contribution in [3.05, 3.63) is 88.9 Å². The number of ether oxygens (including phenoxy) is 1. The molecule has 0 radical (unpaired) electrons. The lowest BCUT2D eigenvalue weighted by Crippen LogP contribution is -2.26. The van der Waals surface area contributed by atoms with Gasteiger partial charge in [-0.25, -0.2) is 4.79 Å². The van der Waals surface area contributed by atoms with Crippen molar-refractivity contribution in [3.8, 4) is 11.1 Å². The molecule has 3 aromatic rings. The van der Waals surface area contributed by atoms with Gasteiger partial charge in [-0.05, 0) is 53.0 Å². The normalized spacial score (nSPS) is 13.1. The van der Waals surface area contributed by atoms with Crippen LogP contribution in [-0.4, -0.2) is 37.8 Å². The van der Waals surface area contributed by atoms with Crippen molar-refractivity contribution in [1.29, 1.82) is 0 Å². The van der Waals surface area contributed by atoms with Gasteiger partial charge in [0.25, 0.3) is 0 Å². The topological polar surface area (TPSA) is 70.6 Å². The number of carbonyl (C=O) groups is 1. The smallest absolute Gasteiger partial charge is 0.337 e. The number of hydrogen-bond acceptors (Lipinski definition) is 5. The molecule has 0 saturated carbocycles. The van der Waals surface area contributed by atoms with Crippen LogP contribution in [0.5, 0.6) is 0 Å². The Bertz CT molecular complexity index is 1140. The van der Waals surface area contributed by atoms with Crippen LogP contribution in [0.4, 0.5) is 5.69 Å². The molecule has 0 fully saturated rings. The van der Waals surface area contributed by atoms with E-state index in [2.05, 4.69) is 10.6 Å². The Morgan fingerprint density at radius 2 is 1.93 bits per heavy atom. The molecule has 0 spiro atoms. The number of anilines is 1. The van der Waals surface area contributed by atoms with E-state index in [4.69, 9.17) is 20.5 Å². The van der Waals surface area contributed by atoms with E-state index in [9.17, 15) is 9.90 Å². The molecule has 0 saturated heterocycles. The van der Waals surface area contributed by atoms with Crippen LogP contribution in [0.1, 0.15) is 26.1 Å². The van der Waals surface area contributed by atoms with Gasteiger partial charge in [0.2, 0.25) is 0 Å². The van der Waals surface area contributed by atoms with Gasteiger partial charge in [0, 0.05) is 30.3 Å². The summed E-state index contributed by atoms with van der Waals surface area (Å²) in [6.45, 7) is 1.31. The lowest BCUT2D eigenvalue weighted by Gasteiger charge is -2.13. The van der Waals surface area contributed by atoms with E-state index in [1.54, 1.807) is 12.1 Å². The van der Waals surface area contributed by atoms with Gasteiger partial charge in [0.05, 0.1) is 22.9 Å². The fourth-order valence-corrected chi connectivity index (χ4v) is 3.11. The molecule has 1 atom stereocenters. The average molecular weight is 428 g/mol. The van der Waals surface area contributed by atoms with Crippen molar-refractivity contribution >= 4 is 23.3 Å². The zero-order chi connectivity index (χ0) is 24.0. The quantitative estimate of drug-likeness (QED) is 0.345. The van der Waals surface area contributed by atoms with E-state index < -0.39 is 6.10 Å². The minimum absolute atomic E-state index is 0.122. The standard InChI is InChI=1S/C24H25ClN2O3/c1-30-24(29)20-8-2-5-17(13-20)18-6-4-10-22(15-18)27-12-11-26-16-23(28)19-7-3-9-21(25)14-19/h2-10,13-15,23,26-28H,11-12,16H2,1H3/t23-/m0/s1/i3D,9D,14D. The molecule has 0 aromatic heterocycles. The zero-order valence-corrected chi connectivity index (χ0v) is 17.3. The molecule has 156 valence electrons. The first-order chi connectivity index (χ1) is 15.8. The van der Waals surface area contributed by atoms with Gasteiger partial charge < -0.3 is 20.5 Å². The van der Waals surface area contributed by atoms with Gasteiger partial charge in [-0.15, -0.1) is 0 Å². The Labute approximate surface area is 185 Å². The third-order valence-electron chi connectivity index (χ3n) is 4.47. The number of aliphatic hydroxyl groups is 1. The highest BCUT2D eigenvalue weighted by Crippen LogP contribution is 2.24. The number of halogens is 1. The number of methoxy groups -OCH3 is 1. The second-order valence-electron chi connectivity index (χ2n) is 6.61. The Morgan fingerprint density at radius 3 is 2.73 bits per heavy atom. The van der Waals surface area contributed by atoms with Crippen molar-refractivity contribution in [2.45, 2.75) is 6.10 Å². The molecule has 3 aromatic carbocycles. The number of esters is 1. The molecule has 0 aliphatic heterocycles. The van der Waals surface area contributed by atoms with Crippen LogP contribution in [0.15, 0.2) is 72.7 Å². The van der Waals surface area contributed by atoms with Crippen LogP contribution in [0.3, 0.4) is 0 Å². The Hall–Kier alpha value is -2.86. The number of carbonyl (C=O) groups excluding carboxylic acids is 1. The first-order valence-corrected chi connectivity index (χ1v) is 9.87. The summed E-state index contributed by atoms with van der Waals surface area (Å²) in [5.41, 5.74) is 3.48. The number of hydrogen-bond donors (Lipinski definition) is 3. The highest BCUT2D eigenvalue weighted by Gasteiger charge is 2.08. The molecule has 3 N–H and O–H groups in total. The highest BCUT2D eigenvalue weighted by atomic mass is 35.5. The predicted molar refractivity (Wildman–Crippen MR) is 121 cm³/mol. The average Bonchev–Trinajstić information content (AvgIpc) is 2.84. The lowest BCUT2D eigenvalue weighted by atomic mass is 10.0. The van der Waals surface area contributed by atoms with Crippen LogP contribution in [-0.2, 0) is 4.74 Å². The van der Waals surface area contributed by atoms with Gasteiger partial charge in [0.15, 0.2) is 0 Å². The van der Waals surface area contributed by atoms with E-state index in [0.29, 0.717) is 18.7 Å². The predicted octanol–water partition coefficient (Wildman–Crippen LogP) is 4.53. The molecular formula is C24H25ClN2O3. The summed E-state index contributed by atoms with van der Waals surface area (Å²) in [6, 6.07) is 15.9. The second kappa shape index (κ2) is 10.8. The third-order valence-corrected chi connectivity index (χ3v) is 4.66. The fourth-order valence-electron chi connectivity index (χ4n) is 2.95.